The van der Waals surface area contributed by atoms with Crippen LogP contribution in [0.1, 0.15) is 44.4 Å². The average Bonchev–Trinajstić information content (AvgIpc) is 2.31. The molecule has 0 radical (unpaired) electrons. The van der Waals surface area contributed by atoms with E-state index >= 15 is 0 Å². The third kappa shape index (κ3) is 2.99. The van der Waals surface area contributed by atoms with Gasteiger partial charge < -0.3 is 4.74 Å². The number of hydrazine groups is 1. The lowest BCUT2D eigenvalue weighted by molar-refractivity contribution is 0.235. The first-order chi connectivity index (χ1) is 7.96. The summed E-state index contributed by atoms with van der Waals surface area (Å²) >= 11 is 0. The molecule has 0 amide bonds. The highest BCUT2D eigenvalue weighted by Gasteiger charge is 2.29. The van der Waals surface area contributed by atoms with Crippen LogP contribution in [-0.2, 0) is 0 Å². The number of hydrogen-bond donors (Lipinski definition) is 2. The molecule has 1 rings (SSSR count). The van der Waals surface area contributed by atoms with Crippen LogP contribution in [0.2, 0.25) is 0 Å². The second kappa shape index (κ2) is 5.52. The molecule has 0 aromatic heterocycles. The van der Waals surface area contributed by atoms with Gasteiger partial charge in [-0.1, -0.05) is 26.8 Å². The van der Waals surface area contributed by atoms with Gasteiger partial charge in [0, 0.05) is 0 Å². The second-order valence-corrected chi connectivity index (χ2v) is 5.16. The molecule has 3 N–H and O–H groups in total. The van der Waals surface area contributed by atoms with Crippen molar-refractivity contribution in [2.75, 3.05) is 7.11 Å². The zero-order valence-corrected chi connectivity index (χ0v) is 11.5. The van der Waals surface area contributed by atoms with Crippen molar-refractivity contribution in [2.45, 2.75) is 40.2 Å². The lowest BCUT2D eigenvalue weighted by Gasteiger charge is -2.34. The summed E-state index contributed by atoms with van der Waals surface area (Å²) in [5, 5.41) is 0. The van der Waals surface area contributed by atoms with Gasteiger partial charge in [-0.2, -0.15) is 0 Å². The fraction of sp³-hybridized carbons (Fsp3) is 0.571. The van der Waals surface area contributed by atoms with E-state index in [1.54, 1.807) is 7.11 Å². The number of nitrogens with one attached hydrogen (secondary N) is 1. The summed E-state index contributed by atoms with van der Waals surface area (Å²) in [7, 11) is 1.68. The quantitative estimate of drug-likeness (QED) is 0.610. The molecule has 0 saturated heterocycles. The van der Waals surface area contributed by atoms with Crippen LogP contribution in [0.5, 0.6) is 5.75 Å². The van der Waals surface area contributed by atoms with Crippen LogP contribution in [0.25, 0.3) is 0 Å². The Morgan fingerprint density at radius 2 is 2.06 bits per heavy atom. The van der Waals surface area contributed by atoms with Crippen molar-refractivity contribution in [3.8, 4) is 5.75 Å². The number of aryl methyl sites for hydroxylation is 1. The van der Waals surface area contributed by atoms with Crippen molar-refractivity contribution in [3.05, 3.63) is 29.3 Å². The van der Waals surface area contributed by atoms with Gasteiger partial charge in [0.05, 0.1) is 13.2 Å². The van der Waals surface area contributed by atoms with Crippen LogP contribution in [0.4, 0.5) is 0 Å². The number of hydrogen-bond acceptors (Lipinski definition) is 3. The van der Waals surface area contributed by atoms with Crippen LogP contribution in [0, 0.1) is 12.3 Å². The van der Waals surface area contributed by atoms with Gasteiger partial charge in [0.1, 0.15) is 5.75 Å². The topological polar surface area (TPSA) is 47.3 Å². The minimum absolute atomic E-state index is 0.119. The van der Waals surface area contributed by atoms with Crippen molar-refractivity contribution < 1.29 is 4.74 Å². The molecule has 3 heteroatoms. The number of methoxy groups -OCH3 is 1. The summed E-state index contributed by atoms with van der Waals surface area (Å²) in [6.07, 6.45) is 1.06. The first kappa shape index (κ1) is 14.0. The molecule has 1 unspecified atom stereocenters. The van der Waals surface area contributed by atoms with E-state index in [0.29, 0.717) is 0 Å². The van der Waals surface area contributed by atoms with E-state index in [-0.39, 0.29) is 11.5 Å². The maximum Gasteiger partial charge on any atom is 0.119 e. The maximum atomic E-state index is 5.72. The first-order valence-corrected chi connectivity index (χ1v) is 6.07. The number of rotatable bonds is 5. The summed E-state index contributed by atoms with van der Waals surface area (Å²) in [5.74, 6) is 6.61. The molecule has 0 fully saturated rings. The molecular weight excluding hydrogens is 212 g/mol. The molecule has 0 heterocycles. The summed E-state index contributed by atoms with van der Waals surface area (Å²) in [6.45, 7) is 8.72. The highest BCUT2D eigenvalue weighted by molar-refractivity contribution is 5.37. The van der Waals surface area contributed by atoms with Crippen LogP contribution >= 0.6 is 0 Å². The zero-order chi connectivity index (χ0) is 13.1. The highest BCUT2D eigenvalue weighted by Crippen LogP contribution is 2.37. The smallest absolute Gasteiger partial charge is 0.119 e. The van der Waals surface area contributed by atoms with Crippen molar-refractivity contribution in [1.82, 2.24) is 5.43 Å². The van der Waals surface area contributed by atoms with Crippen LogP contribution in [0.15, 0.2) is 18.2 Å². The van der Waals surface area contributed by atoms with Crippen LogP contribution < -0.4 is 16.0 Å². The number of ether oxygens (including phenoxy) is 1. The Balaban J connectivity index is 3.13. The minimum atomic E-state index is 0.119. The summed E-state index contributed by atoms with van der Waals surface area (Å²) in [4.78, 5) is 0. The third-order valence-electron chi connectivity index (χ3n) is 3.65. The minimum Gasteiger partial charge on any atom is -0.497 e. The molecule has 96 valence electrons. The Labute approximate surface area is 104 Å². The van der Waals surface area contributed by atoms with Crippen LogP contribution in [-0.4, -0.2) is 7.11 Å². The molecule has 0 spiro atoms. The van der Waals surface area contributed by atoms with E-state index in [0.717, 1.165) is 12.2 Å². The number of nitrogens with two attached hydrogens (primary N) is 1. The van der Waals surface area contributed by atoms with E-state index in [1.807, 2.05) is 12.1 Å². The zero-order valence-electron chi connectivity index (χ0n) is 11.5. The molecule has 17 heavy (non-hydrogen) atoms. The number of benzene rings is 1. The van der Waals surface area contributed by atoms with Crippen molar-refractivity contribution in [1.29, 1.82) is 0 Å². The Bertz CT molecular complexity index is 374. The molecule has 0 aliphatic carbocycles. The molecule has 1 aromatic rings. The molecule has 0 aliphatic rings. The van der Waals surface area contributed by atoms with Gasteiger partial charge in [-0.15, -0.1) is 0 Å². The van der Waals surface area contributed by atoms with Crippen molar-refractivity contribution >= 4 is 0 Å². The largest absolute Gasteiger partial charge is 0.497 e. The monoisotopic (exact) mass is 236 g/mol. The van der Waals surface area contributed by atoms with E-state index < -0.39 is 0 Å². The van der Waals surface area contributed by atoms with Gasteiger partial charge in [-0.3, -0.25) is 11.3 Å². The molecule has 0 bridgehead atoms. The predicted octanol–water partition coefficient (Wildman–Crippen LogP) is 2.94. The van der Waals surface area contributed by atoms with Gasteiger partial charge in [0.25, 0.3) is 0 Å². The molecular formula is C14H24N2O. The van der Waals surface area contributed by atoms with Gasteiger partial charge >= 0.3 is 0 Å². The Kier molecular flexibility index (Phi) is 4.54. The standard InChI is InChI=1S/C14H24N2O/c1-6-14(3,4)13(16-15)12-8-7-11(17-5)9-10(12)2/h7-9,13,16H,6,15H2,1-5H3. The fourth-order valence-corrected chi connectivity index (χ4v) is 2.04. The van der Waals surface area contributed by atoms with E-state index in [4.69, 9.17) is 10.6 Å². The summed E-state index contributed by atoms with van der Waals surface area (Å²) < 4.78 is 5.22. The van der Waals surface area contributed by atoms with Crippen molar-refractivity contribution in [3.63, 3.8) is 0 Å². The lowest BCUT2D eigenvalue weighted by atomic mass is 9.77. The Hall–Kier alpha value is -1.06. The fourth-order valence-electron chi connectivity index (χ4n) is 2.04. The summed E-state index contributed by atoms with van der Waals surface area (Å²) in [6, 6.07) is 6.28. The van der Waals surface area contributed by atoms with Gasteiger partial charge in [0.15, 0.2) is 0 Å². The third-order valence-corrected chi connectivity index (χ3v) is 3.65. The van der Waals surface area contributed by atoms with Gasteiger partial charge in [0.2, 0.25) is 0 Å². The normalized spacial score (nSPS) is 13.5. The van der Waals surface area contributed by atoms with Crippen LogP contribution in [0.3, 0.4) is 0 Å². The SMILES string of the molecule is CCC(C)(C)C(NN)c1ccc(OC)cc1C. The van der Waals surface area contributed by atoms with Gasteiger partial charge in [-0.25, -0.2) is 0 Å². The average molecular weight is 236 g/mol. The maximum absolute atomic E-state index is 5.72. The molecule has 1 atom stereocenters. The van der Waals surface area contributed by atoms with Gasteiger partial charge in [-0.05, 0) is 42.0 Å². The lowest BCUT2D eigenvalue weighted by Crippen LogP contribution is -2.38. The molecule has 0 saturated carbocycles. The molecule has 1 aromatic carbocycles. The second-order valence-electron chi connectivity index (χ2n) is 5.16. The van der Waals surface area contributed by atoms with E-state index in [9.17, 15) is 0 Å². The Morgan fingerprint density at radius 1 is 1.41 bits per heavy atom. The highest BCUT2D eigenvalue weighted by atomic mass is 16.5. The predicted molar refractivity (Wildman–Crippen MR) is 71.9 cm³/mol. The molecule has 3 nitrogen and oxygen atoms in total. The Morgan fingerprint density at radius 3 is 2.47 bits per heavy atom. The first-order valence-electron chi connectivity index (χ1n) is 6.07. The summed E-state index contributed by atoms with van der Waals surface area (Å²) in [5.41, 5.74) is 5.51. The van der Waals surface area contributed by atoms with Crippen molar-refractivity contribution in [2.24, 2.45) is 11.3 Å². The van der Waals surface area contributed by atoms with E-state index in [2.05, 4.69) is 39.2 Å². The molecule has 0 aliphatic heterocycles. The van der Waals surface area contributed by atoms with E-state index in [1.165, 1.54) is 11.1 Å².